The van der Waals surface area contributed by atoms with Gasteiger partial charge in [0.2, 0.25) is 0 Å². The van der Waals surface area contributed by atoms with Crippen LogP contribution in [0.2, 0.25) is 0 Å². The van der Waals surface area contributed by atoms with Crippen molar-refractivity contribution in [2.24, 2.45) is 0 Å². The summed E-state index contributed by atoms with van der Waals surface area (Å²) in [6.07, 6.45) is 0. The van der Waals surface area contributed by atoms with E-state index in [1.807, 2.05) is 26.0 Å². The van der Waals surface area contributed by atoms with Crippen molar-refractivity contribution in [3.63, 3.8) is 0 Å². The highest BCUT2D eigenvalue weighted by molar-refractivity contribution is 5.94. The second-order valence-corrected chi connectivity index (χ2v) is 3.89. The standard InChI is InChI=1S/C13H18N2O3/c1-4-14-13(17)15-12(16)8-18-11-7-5-6-9(2)10(11)3/h5-7H,4,8H2,1-3H3,(H2,14,15,16,17). The molecule has 2 N–H and O–H groups in total. The lowest BCUT2D eigenvalue weighted by atomic mass is 10.1. The molecule has 0 aromatic heterocycles. The van der Waals surface area contributed by atoms with Crippen LogP contribution in [0.25, 0.3) is 0 Å². The largest absolute Gasteiger partial charge is 0.483 e. The van der Waals surface area contributed by atoms with Gasteiger partial charge in [-0.05, 0) is 38.0 Å². The highest BCUT2D eigenvalue weighted by Gasteiger charge is 2.08. The van der Waals surface area contributed by atoms with Crippen LogP contribution in [0.4, 0.5) is 4.79 Å². The lowest BCUT2D eigenvalue weighted by molar-refractivity contribution is -0.122. The molecule has 0 aliphatic heterocycles. The number of hydrogen-bond donors (Lipinski definition) is 2. The van der Waals surface area contributed by atoms with Crippen LogP contribution in [0.3, 0.4) is 0 Å². The molecule has 0 unspecified atom stereocenters. The number of rotatable bonds is 4. The smallest absolute Gasteiger partial charge is 0.321 e. The molecule has 0 spiro atoms. The second kappa shape index (κ2) is 6.64. The van der Waals surface area contributed by atoms with Crippen molar-refractivity contribution >= 4 is 11.9 Å². The molecule has 0 aliphatic carbocycles. The molecule has 98 valence electrons. The molecule has 0 atom stereocenters. The van der Waals surface area contributed by atoms with Crippen LogP contribution in [0.15, 0.2) is 18.2 Å². The Morgan fingerprint density at radius 3 is 2.67 bits per heavy atom. The maximum atomic E-state index is 11.4. The SMILES string of the molecule is CCNC(=O)NC(=O)COc1cccc(C)c1C. The van der Waals surface area contributed by atoms with E-state index >= 15 is 0 Å². The third-order valence-corrected chi connectivity index (χ3v) is 2.50. The average molecular weight is 250 g/mol. The summed E-state index contributed by atoms with van der Waals surface area (Å²) in [6.45, 7) is 5.96. The van der Waals surface area contributed by atoms with Gasteiger partial charge in [-0.1, -0.05) is 12.1 Å². The summed E-state index contributed by atoms with van der Waals surface area (Å²) in [5, 5.41) is 4.64. The first-order valence-corrected chi connectivity index (χ1v) is 5.81. The summed E-state index contributed by atoms with van der Waals surface area (Å²) in [5.41, 5.74) is 2.08. The zero-order chi connectivity index (χ0) is 13.5. The van der Waals surface area contributed by atoms with Crippen molar-refractivity contribution in [3.8, 4) is 5.75 Å². The topological polar surface area (TPSA) is 67.4 Å². The van der Waals surface area contributed by atoms with Crippen molar-refractivity contribution in [3.05, 3.63) is 29.3 Å². The minimum absolute atomic E-state index is 0.179. The third kappa shape index (κ3) is 4.08. The van der Waals surface area contributed by atoms with Gasteiger partial charge in [0, 0.05) is 6.54 Å². The van der Waals surface area contributed by atoms with E-state index in [-0.39, 0.29) is 6.61 Å². The zero-order valence-electron chi connectivity index (χ0n) is 10.9. The fraction of sp³-hybridized carbons (Fsp3) is 0.385. The average Bonchev–Trinajstić information content (AvgIpc) is 2.31. The quantitative estimate of drug-likeness (QED) is 0.851. The Kier molecular flexibility index (Phi) is 5.17. The van der Waals surface area contributed by atoms with Gasteiger partial charge in [-0.25, -0.2) is 4.79 Å². The maximum Gasteiger partial charge on any atom is 0.321 e. The summed E-state index contributed by atoms with van der Waals surface area (Å²) in [6, 6.07) is 5.12. The van der Waals surface area contributed by atoms with E-state index in [9.17, 15) is 9.59 Å². The predicted molar refractivity (Wildman–Crippen MR) is 68.6 cm³/mol. The molecule has 0 aliphatic rings. The number of imide groups is 1. The molecule has 5 nitrogen and oxygen atoms in total. The molecule has 0 saturated carbocycles. The van der Waals surface area contributed by atoms with Gasteiger partial charge in [0.15, 0.2) is 6.61 Å². The first-order valence-electron chi connectivity index (χ1n) is 5.81. The van der Waals surface area contributed by atoms with E-state index in [1.54, 1.807) is 13.0 Å². The second-order valence-electron chi connectivity index (χ2n) is 3.89. The van der Waals surface area contributed by atoms with Crippen LogP contribution in [0.5, 0.6) is 5.75 Å². The molecule has 0 heterocycles. The Labute approximate surface area is 107 Å². The summed E-state index contributed by atoms with van der Waals surface area (Å²) in [5.74, 6) is 0.183. The minimum Gasteiger partial charge on any atom is -0.483 e. The van der Waals surface area contributed by atoms with E-state index in [2.05, 4.69) is 10.6 Å². The van der Waals surface area contributed by atoms with Crippen molar-refractivity contribution < 1.29 is 14.3 Å². The summed E-state index contributed by atoms with van der Waals surface area (Å²) < 4.78 is 5.37. The van der Waals surface area contributed by atoms with E-state index in [0.29, 0.717) is 12.3 Å². The highest BCUT2D eigenvalue weighted by Crippen LogP contribution is 2.20. The molecule has 1 aromatic rings. The number of benzene rings is 1. The minimum atomic E-state index is -0.507. The van der Waals surface area contributed by atoms with Crippen molar-refractivity contribution in [1.29, 1.82) is 0 Å². The molecule has 0 saturated heterocycles. The van der Waals surface area contributed by atoms with Crippen molar-refractivity contribution in [2.45, 2.75) is 20.8 Å². The number of urea groups is 1. The van der Waals surface area contributed by atoms with Crippen LogP contribution in [-0.4, -0.2) is 25.1 Å². The summed E-state index contributed by atoms with van der Waals surface area (Å²) in [4.78, 5) is 22.5. The van der Waals surface area contributed by atoms with Gasteiger partial charge < -0.3 is 10.1 Å². The van der Waals surface area contributed by atoms with E-state index in [0.717, 1.165) is 11.1 Å². The fourth-order valence-electron chi connectivity index (χ4n) is 1.39. The number of aryl methyl sites for hydroxylation is 1. The van der Waals surface area contributed by atoms with Gasteiger partial charge in [0.25, 0.3) is 5.91 Å². The van der Waals surface area contributed by atoms with Gasteiger partial charge in [-0.3, -0.25) is 10.1 Å². The molecule has 3 amide bonds. The molecule has 1 rings (SSSR count). The van der Waals surface area contributed by atoms with Gasteiger partial charge in [-0.15, -0.1) is 0 Å². The fourth-order valence-corrected chi connectivity index (χ4v) is 1.39. The summed E-state index contributed by atoms with van der Waals surface area (Å²) >= 11 is 0. The first kappa shape index (κ1) is 14.0. The number of hydrogen-bond acceptors (Lipinski definition) is 3. The monoisotopic (exact) mass is 250 g/mol. The molecule has 5 heteroatoms. The number of amides is 3. The van der Waals surface area contributed by atoms with E-state index < -0.39 is 11.9 Å². The van der Waals surface area contributed by atoms with Crippen molar-refractivity contribution in [1.82, 2.24) is 10.6 Å². The van der Waals surface area contributed by atoms with Gasteiger partial charge in [-0.2, -0.15) is 0 Å². The molecule has 0 radical (unpaired) electrons. The van der Waals surface area contributed by atoms with Gasteiger partial charge in [0.05, 0.1) is 0 Å². The Hall–Kier alpha value is -2.04. The highest BCUT2D eigenvalue weighted by atomic mass is 16.5. The van der Waals surface area contributed by atoms with E-state index in [4.69, 9.17) is 4.74 Å². The molecular weight excluding hydrogens is 232 g/mol. The molecule has 1 aromatic carbocycles. The maximum absolute atomic E-state index is 11.4. The third-order valence-electron chi connectivity index (χ3n) is 2.50. The lowest BCUT2D eigenvalue weighted by Gasteiger charge is -2.10. The van der Waals surface area contributed by atoms with Crippen LogP contribution < -0.4 is 15.4 Å². The lowest BCUT2D eigenvalue weighted by Crippen LogP contribution is -2.41. The molecule has 18 heavy (non-hydrogen) atoms. The Morgan fingerprint density at radius 2 is 2.00 bits per heavy atom. The molecule has 0 bridgehead atoms. The van der Waals surface area contributed by atoms with Crippen LogP contribution in [0, 0.1) is 13.8 Å². The predicted octanol–water partition coefficient (Wildman–Crippen LogP) is 1.53. The van der Waals surface area contributed by atoms with Gasteiger partial charge in [0.1, 0.15) is 5.75 Å². The summed E-state index contributed by atoms with van der Waals surface area (Å²) in [7, 11) is 0. The first-order chi connectivity index (χ1) is 8.54. The van der Waals surface area contributed by atoms with Crippen molar-refractivity contribution in [2.75, 3.05) is 13.2 Å². The van der Waals surface area contributed by atoms with E-state index in [1.165, 1.54) is 0 Å². The Balaban J connectivity index is 2.48. The van der Waals surface area contributed by atoms with Crippen LogP contribution in [-0.2, 0) is 4.79 Å². The number of ether oxygens (including phenoxy) is 1. The van der Waals surface area contributed by atoms with Crippen LogP contribution >= 0.6 is 0 Å². The Morgan fingerprint density at radius 1 is 1.28 bits per heavy atom. The normalized spacial score (nSPS) is 9.72. The number of nitrogens with one attached hydrogen (secondary N) is 2. The zero-order valence-corrected chi connectivity index (χ0v) is 10.9. The number of carbonyl (C=O) groups excluding carboxylic acids is 2. The molecular formula is C13H18N2O3. The van der Waals surface area contributed by atoms with Gasteiger partial charge >= 0.3 is 6.03 Å². The van der Waals surface area contributed by atoms with Crippen LogP contribution in [0.1, 0.15) is 18.1 Å². The Bertz CT molecular complexity index is 444. The number of carbonyl (C=O) groups is 2. The molecule has 0 fully saturated rings.